The summed E-state index contributed by atoms with van der Waals surface area (Å²) in [6.45, 7) is 1.80. The third kappa shape index (κ3) is 5.23. The summed E-state index contributed by atoms with van der Waals surface area (Å²) in [7, 11) is 0. The van der Waals surface area contributed by atoms with Crippen molar-refractivity contribution in [3.63, 3.8) is 0 Å². The van der Waals surface area contributed by atoms with Crippen LogP contribution in [-0.2, 0) is 4.74 Å². The Bertz CT molecular complexity index is 225. The van der Waals surface area contributed by atoms with E-state index in [2.05, 4.69) is 17.0 Å². The molecule has 102 valence electrons. The first-order chi connectivity index (χ1) is 7.87. The van der Waals surface area contributed by atoms with Gasteiger partial charge in [0.2, 0.25) is 0 Å². The van der Waals surface area contributed by atoms with Crippen LogP contribution >= 0.6 is 0 Å². The molecule has 0 aromatic carbocycles. The maximum absolute atomic E-state index is 11.8. The Labute approximate surface area is 99.3 Å². The van der Waals surface area contributed by atoms with Gasteiger partial charge in [0.25, 0.3) is 0 Å². The van der Waals surface area contributed by atoms with Crippen LogP contribution in [0.2, 0.25) is 0 Å². The third-order valence-electron chi connectivity index (χ3n) is 3.40. The zero-order valence-electron chi connectivity index (χ0n) is 10.0. The van der Waals surface area contributed by atoms with Crippen LogP contribution in [0.1, 0.15) is 32.6 Å². The van der Waals surface area contributed by atoms with Crippen LogP contribution in [0.25, 0.3) is 0 Å². The van der Waals surface area contributed by atoms with E-state index in [1.165, 1.54) is 0 Å². The molecule has 0 heterocycles. The molecule has 0 aliphatic heterocycles. The molecule has 1 aliphatic rings. The van der Waals surface area contributed by atoms with E-state index in [1.807, 2.05) is 0 Å². The molecule has 0 amide bonds. The third-order valence-corrected chi connectivity index (χ3v) is 3.40. The lowest BCUT2D eigenvalue weighted by atomic mass is 9.77. The molecule has 1 rings (SSSR count). The minimum atomic E-state index is -4.57. The van der Waals surface area contributed by atoms with Crippen molar-refractivity contribution in [2.24, 2.45) is 5.92 Å². The van der Waals surface area contributed by atoms with Crippen molar-refractivity contribution in [2.45, 2.75) is 44.5 Å². The van der Waals surface area contributed by atoms with Crippen molar-refractivity contribution in [1.29, 1.82) is 0 Å². The molecule has 1 fully saturated rings. The number of nitrogens with one attached hydrogen (secondary N) is 1. The Morgan fingerprint density at radius 2 is 1.94 bits per heavy atom. The van der Waals surface area contributed by atoms with Gasteiger partial charge in [-0.25, -0.2) is 0 Å². The van der Waals surface area contributed by atoms with Gasteiger partial charge in [-0.3, -0.25) is 4.74 Å². The second-order valence-electron chi connectivity index (χ2n) is 4.84. The molecule has 6 heteroatoms. The Morgan fingerprint density at radius 3 is 2.41 bits per heavy atom. The molecule has 2 N–H and O–H groups in total. The van der Waals surface area contributed by atoms with E-state index >= 15 is 0 Å². The number of alkyl halides is 3. The fourth-order valence-corrected chi connectivity index (χ4v) is 2.19. The van der Waals surface area contributed by atoms with Crippen molar-refractivity contribution >= 4 is 0 Å². The number of aliphatic hydroxyl groups excluding tert-OH is 1. The lowest BCUT2D eigenvalue weighted by molar-refractivity contribution is -0.323. The molecule has 0 bridgehead atoms. The molecule has 0 aromatic rings. The zero-order chi connectivity index (χ0) is 12.9. The number of hydrogen-bond acceptors (Lipinski definition) is 3. The summed E-state index contributed by atoms with van der Waals surface area (Å²) in [5.41, 5.74) is -0.415. The van der Waals surface area contributed by atoms with Gasteiger partial charge in [0.1, 0.15) is 0 Å². The van der Waals surface area contributed by atoms with Gasteiger partial charge < -0.3 is 10.4 Å². The zero-order valence-corrected chi connectivity index (χ0v) is 10.0. The normalized spacial score (nSPS) is 30.5. The topological polar surface area (TPSA) is 41.5 Å². The fourth-order valence-electron chi connectivity index (χ4n) is 2.19. The number of rotatable bonds is 5. The predicted molar refractivity (Wildman–Crippen MR) is 57.5 cm³/mol. The van der Waals surface area contributed by atoms with E-state index in [0.717, 1.165) is 25.7 Å². The molecule has 1 saturated carbocycles. The lowest BCUT2D eigenvalue weighted by Crippen LogP contribution is -2.52. The summed E-state index contributed by atoms with van der Waals surface area (Å²) in [6, 6.07) is 0. The fraction of sp³-hybridized carbons (Fsp3) is 1.00. The average Bonchev–Trinajstić information content (AvgIpc) is 2.26. The standard InChI is InChI=1S/C11H20F3NO2/c1-9-2-4-10(8-16,5-3-9)15-6-7-17-11(12,13)14/h9,15-16H,2-8H2,1H3. The van der Waals surface area contributed by atoms with Crippen LogP contribution in [0.5, 0.6) is 0 Å². The average molecular weight is 255 g/mol. The first kappa shape index (κ1) is 14.7. The summed E-state index contributed by atoms with van der Waals surface area (Å²) in [4.78, 5) is 0. The number of ether oxygens (including phenoxy) is 1. The molecule has 0 saturated heterocycles. The van der Waals surface area contributed by atoms with Gasteiger partial charge in [-0.1, -0.05) is 6.92 Å². The van der Waals surface area contributed by atoms with E-state index in [9.17, 15) is 18.3 Å². The summed E-state index contributed by atoms with van der Waals surface area (Å²) >= 11 is 0. The molecule has 0 unspecified atom stereocenters. The van der Waals surface area contributed by atoms with E-state index < -0.39 is 18.5 Å². The van der Waals surface area contributed by atoms with Gasteiger partial charge in [-0.2, -0.15) is 0 Å². The van der Waals surface area contributed by atoms with Crippen LogP contribution in [0.15, 0.2) is 0 Å². The molecule has 0 spiro atoms. The minimum absolute atomic E-state index is 0.0360. The highest BCUT2D eigenvalue weighted by Gasteiger charge is 2.34. The second kappa shape index (κ2) is 6.02. The minimum Gasteiger partial charge on any atom is -0.394 e. The van der Waals surface area contributed by atoms with Gasteiger partial charge in [-0.05, 0) is 31.6 Å². The largest absolute Gasteiger partial charge is 0.522 e. The first-order valence-corrected chi connectivity index (χ1v) is 5.93. The first-order valence-electron chi connectivity index (χ1n) is 5.93. The Balaban J connectivity index is 2.27. The molecule has 0 aromatic heterocycles. The van der Waals surface area contributed by atoms with Crippen molar-refractivity contribution in [1.82, 2.24) is 5.32 Å². The van der Waals surface area contributed by atoms with Crippen LogP contribution in [0, 0.1) is 5.92 Å². The van der Waals surface area contributed by atoms with E-state index in [0.29, 0.717) is 5.92 Å². The highest BCUT2D eigenvalue weighted by molar-refractivity contribution is 4.91. The Kier molecular flexibility index (Phi) is 5.22. The Morgan fingerprint density at radius 1 is 1.35 bits per heavy atom. The van der Waals surface area contributed by atoms with Gasteiger partial charge in [0.15, 0.2) is 0 Å². The van der Waals surface area contributed by atoms with Crippen LogP contribution in [0.3, 0.4) is 0 Å². The molecule has 3 nitrogen and oxygen atoms in total. The molecular weight excluding hydrogens is 235 g/mol. The van der Waals surface area contributed by atoms with Crippen LogP contribution < -0.4 is 5.32 Å². The summed E-state index contributed by atoms with van der Waals surface area (Å²) in [6.07, 6.45) is -0.982. The van der Waals surface area contributed by atoms with Gasteiger partial charge >= 0.3 is 6.36 Å². The quantitative estimate of drug-likeness (QED) is 0.739. The molecule has 1 aliphatic carbocycles. The summed E-state index contributed by atoms with van der Waals surface area (Å²) in [5.74, 6) is 0.628. The predicted octanol–water partition coefficient (Wildman–Crippen LogP) is 2.05. The van der Waals surface area contributed by atoms with E-state index in [1.54, 1.807) is 0 Å². The van der Waals surface area contributed by atoms with Gasteiger partial charge in [0, 0.05) is 12.1 Å². The maximum Gasteiger partial charge on any atom is 0.522 e. The molecular formula is C11H20F3NO2. The lowest BCUT2D eigenvalue weighted by Gasteiger charge is -2.39. The number of halogens is 3. The summed E-state index contributed by atoms with van der Waals surface area (Å²) < 4.78 is 38.9. The molecule has 0 radical (unpaired) electrons. The Hall–Kier alpha value is -0.330. The molecule has 17 heavy (non-hydrogen) atoms. The summed E-state index contributed by atoms with van der Waals surface area (Å²) in [5, 5.41) is 12.4. The highest BCUT2D eigenvalue weighted by Crippen LogP contribution is 2.31. The van der Waals surface area contributed by atoms with Gasteiger partial charge in [0.05, 0.1) is 13.2 Å². The van der Waals surface area contributed by atoms with Crippen molar-refractivity contribution in [2.75, 3.05) is 19.8 Å². The van der Waals surface area contributed by atoms with Crippen molar-refractivity contribution < 1.29 is 23.0 Å². The monoisotopic (exact) mass is 255 g/mol. The second-order valence-corrected chi connectivity index (χ2v) is 4.84. The van der Waals surface area contributed by atoms with E-state index in [-0.39, 0.29) is 13.2 Å². The number of hydrogen-bond donors (Lipinski definition) is 2. The smallest absolute Gasteiger partial charge is 0.394 e. The maximum atomic E-state index is 11.8. The van der Waals surface area contributed by atoms with Crippen LogP contribution in [0.4, 0.5) is 13.2 Å². The molecule has 0 atom stereocenters. The SMILES string of the molecule is CC1CCC(CO)(NCCOC(F)(F)F)CC1. The van der Waals surface area contributed by atoms with Crippen molar-refractivity contribution in [3.8, 4) is 0 Å². The van der Waals surface area contributed by atoms with Gasteiger partial charge in [-0.15, -0.1) is 13.2 Å². The highest BCUT2D eigenvalue weighted by atomic mass is 19.4. The van der Waals surface area contributed by atoms with Crippen LogP contribution in [-0.4, -0.2) is 36.8 Å². The number of aliphatic hydroxyl groups is 1. The van der Waals surface area contributed by atoms with Crippen molar-refractivity contribution in [3.05, 3.63) is 0 Å². The van der Waals surface area contributed by atoms with E-state index in [4.69, 9.17) is 0 Å².